The van der Waals surface area contributed by atoms with E-state index in [1.165, 1.54) is 6.07 Å². The molecule has 1 fully saturated rings. The fourth-order valence-electron chi connectivity index (χ4n) is 2.91. The summed E-state index contributed by atoms with van der Waals surface area (Å²) in [4.78, 5) is 25.7. The summed E-state index contributed by atoms with van der Waals surface area (Å²) in [6.45, 7) is 0.515. The van der Waals surface area contributed by atoms with Gasteiger partial charge in [-0.2, -0.15) is 0 Å². The van der Waals surface area contributed by atoms with Gasteiger partial charge < -0.3 is 10.0 Å². The number of carboxylic acids is 1. The van der Waals surface area contributed by atoms with Gasteiger partial charge in [0.25, 0.3) is 5.91 Å². The number of carbonyl (C=O) groups is 2. The van der Waals surface area contributed by atoms with Crippen LogP contribution in [0.5, 0.6) is 0 Å². The predicted octanol–water partition coefficient (Wildman–Crippen LogP) is 4.00. The second-order valence-electron chi connectivity index (χ2n) is 5.41. The Morgan fingerprint density at radius 3 is 2.43 bits per heavy atom. The third kappa shape index (κ3) is 3.22. The van der Waals surface area contributed by atoms with Gasteiger partial charge in [0.05, 0.1) is 15.8 Å². The number of carbonyl (C=O) groups excluding carboxylic acids is 1. The quantitative estimate of drug-likeness (QED) is 0.889. The van der Waals surface area contributed by atoms with E-state index in [2.05, 4.69) is 0 Å². The first-order valence-corrected chi connectivity index (χ1v) is 8.56. The largest absolute Gasteiger partial charge is 0.481 e. The van der Waals surface area contributed by atoms with E-state index in [1.807, 2.05) is 30.3 Å². The lowest BCUT2D eigenvalue weighted by atomic mass is 9.89. The molecule has 2 heterocycles. The molecule has 0 spiro atoms. The Morgan fingerprint density at radius 2 is 1.87 bits per heavy atom. The van der Waals surface area contributed by atoms with E-state index >= 15 is 0 Å². The molecule has 2 atom stereocenters. The topological polar surface area (TPSA) is 57.6 Å². The average Bonchev–Trinajstić information content (AvgIpc) is 3.11. The number of hydrogen-bond acceptors (Lipinski definition) is 3. The van der Waals surface area contributed by atoms with E-state index in [9.17, 15) is 14.7 Å². The van der Waals surface area contributed by atoms with Crippen molar-refractivity contribution in [2.75, 3.05) is 13.1 Å². The molecule has 1 amide bonds. The molecular formula is C16H13Cl2NO3S. The molecule has 3 rings (SSSR count). The van der Waals surface area contributed by atoms with Crippen LogP contribution in [0.2, 0.25) is 8.67 Å². The molecule has 1 aliphatic rings. The van der Waals surface area contributed by atoms with Gasteiger partial charge in [0.2, 0.25) is 0 Å². The maximum absolute atomic E-state index is 12.6. The monoisotopic (exact) mass is 369 g/mol. The zero-order chi connectivity index (χ0) is 16.6. The molecule has 1 N–H and O–H groups in total. The van der Waals surface area contributed by atoms with Gasteiger partial charge in [0.15, 0.2) is 0 Å². The number of amides is 1. The minimum absolute atomic E-state index is 0.164. The molecule has 0 unspecified atom stereocenters. The van der Waals surface area contributed by atoms with E-state index < -0.39 is 11.9 Å². The van der Waals surface area contributed by atoms with Crippen molar-refractivity contribution >= 4 is 46.4 Å². The lowest BCUT2D eigenvalue weighted by Crippen LogP contribution is -2.29. The zero-order valence-electron chi connectivity index (χ0n) is 11.9. The maximum atomic E-state index is 12.6. The number of benzene rings is 1. The Balaban J connectivity index is 1.87. The van der Waals surface area contributed by atoms with Gasteiger partial charge in [-0.25, -0.2) is 0 Å². The number of carboxylic acid groups (broad SMARTS) is 1. The van der Waals surface area contributed by atoms with Crippen molar-refractivity contribution in [2.24, 2.45) is 5.92 Å². The number of thiophene rings is 1. The van der Waals surface area contributed by atoms with Crippen molar-refractivity contribution in [2.45, 2.75) is 5.92 Å². The minimum Gasteiger partial charge on any atom is -0.481 e. The number of aliphatic carboxylic acids is 1. The summed E-state index contributed by atoms with van der Waals surface area (Å²) in [5, 5.41) is 9.49. The first-order valence-electron chi connectivity index (χ1n) is 6.99. The first-order chi connectivity index (χ1) is 11.0. The molecule has 2 aromatic rings. The van der Waals surface area contributed by atoms with Crippen LogP contribution in [0.3, 0.4) is 0 Å². The van der Waals surface area contributed by atoms with Crippen molar-refractivity contribution < 1.29 is 14.7 Å². The second kappa shape index (κ2) is 6.51. The highest BCUT2D eigenvalue weighted by atomic mass is 35.5. The standard InChI is InChI=1S/C16H13Cl2NO3S/c17-13-6-10(14(18)23-13)15(20)19-7-11(12(8-19)16(21)22)9-4-2-1-3-5-9/h1-6,11-12H,7-8H2,(H,21,22)/t11-,12-/m1/s1. The molecule has 0 saturated carbocycles. The van der Waals surface area contributed by atoms with Crippen LogP contribution in [0.1, 0.15) is 21.8 Å². The Hall–Kier alpha value is -1.56. The minimum atomic E-state index is -0.899. The van der Waals surface area contributed by atoms with Gasteiger partial charge in [-0.05, 0) is 11.6 Å². The van der Waals surface area contributed by atoms with Crippen molar-refractivity contribution in [3.8, 4) is 0 Å². The van der Waals surface area contributed by atoms with Gasteiger partial charge in [-0.1, -0.05) is 53.5 Å². The van der Waals surface area contributed by atoms with Crippen LogP contribution in [-0.2, 0) is 4.79 Å². The first kappa shape index (κ1) is 16.3. The Bertz CT molecular complexity index is 747. The summed E-state index contributed by atoms with van der Waals surface area (Å²) in [6, 6.07) is 10.9. The molecule has 1 aliphatic heterocycles. The molecule has 0 aliphatic carbocycles. The molecule has 23 heavy (non-hydrogen) atoms. The Morgan fingerprint density at radius 1 is 1.17 bits per heavy atom. The van der Waals surface area contributed by atoms with Gasteiger partial charge in [0.1, 0.15) is 4.34 Å². The van der Waals surface area contributed by atoms with Gasteiger partial charge in [0, 0.05) is 19.0 Å². The fourth-order valence-corrected chi connectivity index (χ4v) is 4.36. The van der Waals surface area contributed by atoms with Crippen LogP contribution in [0.15, 0.2) is 36.4 Å². The zero-order valence-corrected chi connectivity index (χ0v) is 14.2. The summed E-state index contributed by atoms with van der Waals surface area (Å²) in [5.74, 6) is -2.04. The number of nitrogens with zero attached hydrogens (tertiary/aromatic N) is 1. The molecule has 120 valence electrons. The van der Waals surface area contributed by atoms with Gasteiger partial charge in [-0.15, -0.1) is 11.3 Å². The van der Waals surface area contributed by atoms with Crippen LogP contribution in [0.25, 0.3) is 0 Å². The summed E-state index contributed by atoms with van der Waals surface area (Å²) in [7, 11) is 0. The highest BCUT2D eigenvalue weighted by Gasteiger charge is 2.41. The van der Waals surface area contributed by atoms with Crippen LogP contribution >= 0.6 is 34.5 Å². The Labute approximate surface area is 147 Å². The summed E-state index contributed by atoms with van der Waals surface area (Å²) in [5.41, 5.74) is 1.25. The number of likely N-dealkylation sites (tertiary alicyclic amines) is 1. The highest BCUT2D eigenvalue weighted by Crippen LogP contribution is 2.36. The van der Waals surface area contributed by atoms with E-state index in [-0.39, 0.29) is 18.4 Å². The number of halogens is 2. The number of hydrogen-bond donors (Lipinski definition) is 1. The van der Waals surface area contributed by atoms with E-state index in [1.54, 1.807) is 4.90 Å². The molecule has 1 aromatic carbocycles. The third-order valence-electron chi connectivity index (χ3n) is 4.04. The maximum Gasteiger partial charge on any atom is 0.308 e. The van der Waals surface area contributed by atoms with Crippen molar-refractivity contribution in [3.63, 3.8) is 0 Å². The highest BCUT2D eigenvalue weighted by molar-refractivity contribution is 7.20. The van der Waals surface area contributed by atoms with Crippen molar-refractivity contribution in [1.29, 1.82) is 0 Å². The number of rotatable bonds is 3. The molecule has 0 bridgehead atoms. The lowest BCUT2D eigenvalue weighted by molar-refractivity contribution is -0.141. The van der Waals surface area contributed by atoms with E-state index in [0.717, 1.165) is 16.9 Å². The van der Waals surface area contributed by atoms with Gasteiger partial charge in [-0.3, -0.25) is 9.59 Å². The van der Waals surface area contributed by atoms with Gasteiger partial charge >= 0.3 is 5.97 Å². The predicted molar refractivity (Wildman–Crippen MR) is 90.6 cm³/mol. The third-order valence-corrected chi connectivity index (χ3v) is 5.53. The van der Waals surface area contributed by atoms with Crippen LogP contribution in [0, 0.1) is 5.92 Å². The Kier molecular flexibility index (Phi) is 4.62. The van der Waals surface area contributed by atoms with Crippen molar-refractivity contribution in [1.82, 2.24) is 4.90 Å². The summed E-state index contributed by atoms with van der Waals surface area (Å²) < 4.78 is 0.766. The van der Waals surface area contributed by atoms with E-state index in [0.29, 0.717) is 20.8 Å². The molecule has 1 saturated heterocycles. The van der Waals surface area contributed by atoms with Crippen LogP contribution < -0.4 is 0 Å². The smallest absolute Gasteiger partial charge is 0.308 e. The summed E-state index contributed by atoms with van der Waals surface area (Å²) >= 11 is 13.1. The van der Waals surface area contributed by atoms with E-state index in [4.69, 9.17) is 23.2 Å². The second-order valence-corrected chi connectivity index (χ2v) is 7.70. The fraction of sp³-hybridized carbons (Fsp3) is 0.250. The molecular weight excluding hydrogens is 357 g/mol. The molecule has 0 radical (unpaired) electrons. The lowest BCUT2D eigenvalue weighted by Gasteiger charge is -2.16. The van der Waals surface area contributed by atoms with Crippen LogP contribution in [-0.4, -0.2) is 35.0 Å². The SMILES string of the molecule is O=C(O)[C@@H]1CN(C(=O)c2cc(Cl)sc2Cl)C[C@@H]1c1ccccc1. The summed E-state index contributed by atoms with van der Waals surface area (Å²) in [6.07, 6.45) is 0. The van der Waals surface area contributed by atoms with Crippen molar-refractivity contribution in [3.05, 3.63) is 56.2 Å². The average molecular weight is 370 g/mol. The normalized spacial score (nSPS) is 20.7. The molecule has 1 aromatic heterocycles. The molecule has 4 nitrogen and oxygen atoms in total. The molecule has 7 heteroatoms. The van der Waals surface area contributed by atoms with Crippen LogP contribution in [0.4, 0.5) is 0 Å².